The molecule has 3 rings (SSSR count). The Labute approximate surface area is 144 Å². The Kier molecular flexibility index (Phi) is 4.65. The Balaban J connectivity index is 1.64. The molecule has 3 N–H and O–H groups in total. The number of carbonyl (C=O) groups excluding carboxylic acids is 3. The zero-order chi connectivity index (χ0) is 17.8. The molecule has 1 unspecified atom stereocenters. The van der Waals surface area contributed by atoms with Crippen molar-refractivity contribution in [2.75, 3.05) is 12.4 Å². The Morgan fingerprint density at radius 1 is 1.12 bits per heavy atom. The molecule has 7 heteroatoms. The molecule has 1 aliphatic heterocycles. The van der Waals surface area contributed by atoms with Gasteiger partial charge < -0.3 is 15.4 Å². The number of carbonyl (C=O) groups is 3. The first-order valence-electron chi connectivity index (χ1n) is 7.70. The molecule has 2 aromatic carbocycles. The summed E-state index contributed by atoms with van der Waals surface area (Å²) in [5.74, 6) is 0.0955. The lowest BCUT2D eigenvalue weighted by atomic mass is 10.1. The van der Waals surface area contributed by atoms with Gasteiger partial charge in [0.2, 0.25) is 5.91 Å². The molecule has 0 aliphatic carbocycles. The topological polar surface area (TPSA) is 96.5 Å². The average molecular weight is 339 g/mol. The monoisotopic (exact) mass is 339 g/mol. The van der Waals surface area contributed by atoms with Crippen LogP contribution in [-0.2, 0) is 16.0 Å². The van der Waals surface area contributed by atoms with Crippen LogP contribution < -0.4 is 20.7 Å². The van der Waals surface area contributed by atoms with Gasteiger partial charge >= 0.3 is 6.03 Å². The fraction of sp³-hybridized carbons (Fsp3) is 0.167. The highest BCUT2D eigenvalue weighted by atomic mass is 16.5. The highest BCUT2D eigenvalue weighted by Crippen LogP contribution is 2.21. The Bertz CT molecular complexity index is 817. The maximum atomic E-state index is 12.2. The summed E-state index contributed by atoms with van der Waals surface area (Å²) >= 11 is 0. The van der Waals surface area contributed by atoms with Gasteiger partial charge in [0.1, 0.15) is 11.8 Å². The number of amides is 4. The molecule has 4 amide bonds. The summed E-state index contributed by atoms with van der Waals surface area (Å²) in [4.78, 5) is 35.0. The number of hydrogen-bond donors (Lipinski definition) is 3. The second kappa shape index (κ2) is 7.04. The molecular weight excluding hydrogens is 322 g/mol. The molecule has 128 valence electrons. The fourth-order valence-corrected chi connectivity index (χ4v) is 2.64. The van der Waals surface area contributed by atoms with Gasteiger partial charge in [-0.15, -0.1) is 0 Å². The minimum Gasteiger partial charge on any atom is -0.496 e. The van der Waals surface area contributed by atoms with E-state index in [9.17, 15) is 14.4 Å². The molecule has 7 nitrogen and oxygen atoms in total. The molecule has 0 spiro atoms. The summed E-state index contributed by atoms with van der Waals surface area (Å²) in [6, 6.07) is 12.9. The third-order valence-corrected chi connectivity index (χ3v) is 3.85. The Hall–Kier alpha value is -3.35. The van der Waals surface area contributed by atoms with Crippen LogP contribution in [0.5, 0.6) is 5.75 Å². The van der Waals surface area contributed by atoms with E-state index in [1.807, 2.05) is 18.2 Å². The van der Waals surface area contributed by atoms with Crippen molar-refractivity contribution in [3.63, 3.8) is 0 Å². The number of para-hydroxylation sites is 1. The normalized spacial score (nSPS) is 16.1. The number of urea groups is 1. The molecule has 1 heterocycles. The standard InChI is InChI=1S/C18H17N3O4/c1-25-14-5-3-2-4-12(14)10-15(22)19-13-8-6-11(7-9-13)16-17(23)21-18(24)20-16/h2-9,16H,10H2,1H3,(H,19,22)(H2,20,21,23,24). The van der Waals surface area contributed by atoms with E-state index in [0.29, 0.717) is 17.0 Å². The van der Waals surface area contributed by atoms with Crippen molar-refractivity contribution in [3.05, 3.63) is 59.7 Å². The molecule has 1 aliphatic rings. The summed E-state index contributed by atoms with van der Waals surface area (Å²) in [7, 11) is 1.56. The van der Waals surface area contributed by atoms with Gasteiger partial charge in [-0.2, -0.15) is 0 Å². The van der Waals surface area contributed by atoms with Crippen molar-refractivity contribution in [3.8, 4) is 5.75 Å². The maximum Gasteiger partial charge on any atom is 0.322 e. The Morgan fingerprint density at radius 2 is 1.84 bits per heavy atom. The largest absolute Gasteiger partial charge is 0.496 e. The Morgan fingerprint density at radius 3 is 2.48 bits per heavy atom. The fourth-order valence-electron chi connectivity index (χ4n) is 2.64. The van der Waals surface area contributed by atoms with E-state index < -0.39 is 18.0 Å². The maximum absolute atomic E-state index is 12.2. The predicted octanol–water partition coefficient (Wildman–Crippen LogP) is 1.76. The number of methoxy groups -OCH3 is 1. The highest BCUT2D eigenvalue weighted by Gasteiger charge is 2.30. The smallest absolute Gasteiger partial charge is 0.322 e. The van der Waals surface area contributed by atoms with Gasteiger partial charge in [0.25, 0.3) is 5.91 Å². The van der Waals surface area contributed by atoms with Crippen LogP contribution in [0.1, 0.15) is 17.2 Å². The van der Waals surface area contributed by atoms with Crippen LogP contribution in [0.3, 0.4) is 0 Å². The van der Waals surface area contributed by atoms with E-state index in [-0.39, 0.29) is 12.3 Å². The predicted molar refractivity (Wildman–Crippen MR) is 91.2 cm³/mol. The van der Waals surface area contributed by atoms with Crippen molar-refractivity contribution in [1.82, 2.24) is 10.6 Å². The molecule has 1 atom stereocenters. The van der Waals surface area contributed by atoms with Crippen LogP contribution >= 0.6 is 0 Å². The van der Waals surface area contributed by atoms with Gasteiger partial charge in [-0.05, 0) is 23.8 Å². The van der Waals surface area contributed by atoms with E-state index in [1.165, 1.54) is 0 Å². The van der Waals surface area contributed by atoms with E-state index in [0.717, 1.165) is 5.56 Å². The molecule has 0 radical (unpaired) electrons. The first-order chi connectivity index (χ1) is 12.1. The first-order valence-corrected chi connectivity index (χ1v) is 7.70. The van der Waals surface area contributed by atoms with Crippen LogP contribution in [0.15, 0.2) is 48.5 Å². The molecule has 0 saturated carbocycles. The van der Waals surface area contributed by atoms with Gasteiger partial charge in [0.05, 0.1) is 13.5 Å². The SMILES string of the molecule is COc1ccccc1CC(=O)Nc1ccc(C2NC(=O)NC2=O)cc1. The minimum absolute atomic E-state index is 0.177. The molecule has 2 aromatic rings. The van der Waals surface area contributed by atoms with Crippen LogP contribution in [-0.4, -0.2) is 25.0 Å². The van der Waals surface area contributed by atoms with Crippen LogP contribution in [0.2, 0.25) is 0 Å². The van der Waals surface area contributed by atoms with E-state index in [4.69, 9.17) is 4.74 Å². The minimum atomic E-state index is -0.703. The van der Waals surface area contributed by atoms with Crippen LogP contribution in [0, 0.1) is 0 Å². The lowest BCUT2D eigenvalue weighted by Crippen LogP contribution is -2.22. The van der Waals surface area contributed by atoms with Crippen molar-refractivity contribution >= 4 is 23.5 Å². The van der Waals surface area contributed by atoms with Gasteiger partial charge in [-0.3, -0.25) is 14.9 Å². The summed E-state index contributed by atoms with van der Waals surface area (Å²) in [6.07, 6.45) is 0.187. The van der Waals surface area contributed by atoms with E-state index in [1.54, 1.807) is 37.4 Å². The molecule has 0 bridgehead atoms. The summed E-state index contributed by atoms with van der Waals surface area (Å²) < 4.78 is 5.24. The summed E-state index contributed by atoms with van der Waals surface area (Å²) in [5.41, 5.74) is 2.05. The van der Waals surface area contributed by atoms with Gasteiger partial charge in [0.15, 0.2) is 0 Å². The second-order valence-corrected chi connectivity index (χ2v) is 5.55. The van der Waals surface area contributed by atoms with Crippen LogP contribution in [0.4, 0.5) is 10.5 Å². The lowest BCUT2D eigenvalue weighted by Gasteiger charge is -2.11. The van der Waals surface area contributed by atoms with Gasteiger partial charge in [-0.1, -0.05) is 30.3 Å². The van der Waals surface area contributed by atoms with Crippen molar-refractivity contribution in [2.45, 2.75) is 12.5 Å². The number of hydrogen-bond acceptors (Lipinski definition) is 4. The van der Waals surface area contributed by atoms with Crippen molar-refractivity contribution in [2.24, 2.45) is 0 Å². The lowest BCUT2D eigenvalue weighted by molar-refractivity contribution is -0.120. The number of anilines is 1. The van der Waals surface area contributed by atoms with Crippen LogP contribution in [0.25, 0.3) is 0 Å². The number of benzene rings is 2. The third kappa shape index (κ3) is 3.77. The van der Waals surface area contributed by atoms with Gasteiger partial charge in [-0.25, -0.2) is 4.79 Å². The summed E-state index contributed by atoms with van der Waals surface area (Å²) in [5, 5.41) is 7.50. The van der Waals surface area contributed by atoms with Crippen molar-refractivity contribution < 1.29 is 19.1 Å². The zero-order valence-electron chi connectivity index (χ0n) is 13.5. The molecule has 1 saturated heterocycles. The molecular formula is C18H17N3O4. The molecule has 25 heavy (non-hydrogen) atoms. The average Bonchev–Trinajstić information content (AvgIpc) is 2.94. The molecule has 0 aromatic heterocycles. The second-order valence-electron chi connectivity index (χ2n) is 5.55. The first kappa shape index (κ1) is 16.5. The zero-order valence-corrected chi connectivity index (χ0v) is 13.5. The third-order valence-electron chi connectivity index (χ3n) is 3.85. The van der Waals surface area contributed by atoms with E-state index >= 15 is 0 Å². The highest BCUT2D eigenvalue weighted by molar-refractivity contribution is 6.04. The van der Waals surface area contributed by atoms with Gasteiger partial charge in [0, 0.05) is 11.3 Å². The van der Waals surface area contributed by atoms with E-state index in [2.05, 4.69) is 16.0 Å². The number of rotatable bonds is 5. The number of imide groups is 1. The number of nitrogens with one attached hydrogen (secondary N) is 3. The molecule has 1 fully saturated rings. The van der Waals surface area contributed by atoms with Crippen molar-refractivity contribution in [1.29, 1.82) is 0 Å². The summed E-state index contributed by atoms with van der Waals surface area (Å²) in [6.45, 7) is 0. The quantitative estimate of drug-likeness (QED) is 0.723. The number of ether oxygens (including phenoxy) is 1.